The normalized spacial score (nSPS) is 16.6. The number of carbonyl (C=O) groups excluding carboxylic acids is 1. The van der Waals surface area contributed by atoms with Crippen LogP contribution in [0.15, 0.2) is 53.1 Å². The number of hydrogen-bond donors (Lipinski definition) is 1. The largest absolute Gasteiger partial charge is 0.371 e. The predicted octanol–water partition coefficient (Wildman–Crippen LogP) is 3.89. The zero-order valence-electron chi connectivity index (χ0n) is 16.9. The van der Waals surface area contributed by atoms with Gasteiger partial charge in [0.2, 0.25) is 17.6 Å². The molecule has 1 aliphatic rings. The Kier molecular flexibility index (Phi) is 5.60. The van der Waals surface area contributed by atoms with Gasteiger partial charge in [-0.2, -0.15) is 4.98 Å². The van der Waals surface area contributed by atoms with Crippen molar-refractivity contribution in [1.29, 1.82) is 0 Å². The van der Waals surface area contributed by atoms with Gasteiger partial charge in [0.25, 0.3) is 0 Å². The molecule has 150 valence electrons. The highest BCUT2D eigenvalue weighted by atomic mass is 16.5. The van der Waals surface area contributed by atoms with Crippen LogP contribution in [0.3, 0.4) is 0 Å². The minimum Gasteiger partial charge on any atom is -0.371 e. The molecule has 1 unspecified atom stereocenters. The lowest BCUT2D eigenvalue weighted by molar-refractivity contribution is -0.125. The number of benzene rings is 2. The molecule has 0 spiro atoms. The third kappa shape index (κ3) is 4.65. The zero-order chi connectivity index (χ0) is 20.2. The Hall–Kier alpha value is -3.15. The molecule has 3 aromatic rings. The van der Waals surface area contributed by atoms with Crippen molar-refractivity contribution >= 4 is 11.6 Å². The SMILES string of the molecule is Cc1ccc(-c2noc(CNC(=O)C3CCCN(c4ccc(C)cc4)C3)n2)cc1. The number of piperidine rings is 1. The number of aromatic nitrogens is 2. The first-order chi connectivity index (χ1) is 14.1. The highest BCUT2D eigenvalue weighted by Gasteiger charge is 2.26. The minimum atomic E-state index is -0.0375. The molecule has 0 radical (unpaired) electrons. The van der Waals surface area contributed by atoms with Gasteiger partial charge in [0.1, 0.15) is 0 Å². The number of amides is 1. The van der Waals surface area contributed by atoms with Gasteiger partial charge < -0.3 is 14.7 Å². The van der Waals surface area contributed by atoms with E-state index in [1.54, 1.807) is 0 Å². The van der Waals surface area contributed by atoms with Crippen molar-refractivity contribution in [1.82, 2.24) is 15.5 Å². The summed E-state index contributed by atoms with van der Waals surface area (Å²) in [7, 11) is 0. The average Bonchev–Trinajstić information content (AvgIpc) is 3.22. The molecule has 2 aromatic carbocycles. The molecule has 1 saturated heterocycles. The van der Waals surface area contributed by atoms with E-state index in [0.29, 0.717) is 11.7 Å². The van der Waals surface area contributed by atoms with Crippen LogP contribution in [-0.4, -0.2) is 29.1 Å². The zero-order valence-corrected chi connectivity index (χ0v) is 16.9. The van der Waals surface area contributed by atoms with E-state index >= 15 is 0 Å². The van der Waals surface area contributed by atoms with Crippen LogP contribution >= 0.6 is 0 Å². The first-order valence-corrected chi connectivity index (χ1v) is 10.1. The van der Waals surface area contributed by atoms with Gasteiger partial charge in [-0.25, -0.2) is 0 Å². The van der Waals surface area contributed by atoms with Gasteiger partial charge >= 0.3 is 0 Å². The van der Waals surface area contributed by atoms with Crippen LogP contribution in [0.2, 0.25) is 0 Å². The number of nitrogens with zero attached hydrogens (tertiary/aromatic N) is 3. The predicted molar refractivity (Wildman–Crippen MR) is 112 cm³/mol. The van der Waals surface area contributed by atoms with Crippen LogP contribution in [-0.2, 0) is 11.3 Å². The molecular weight excluding hydrogens is 364 g/mol. The average molecular weight is 390 g/mol. The second kappa shape index (κ2) is 8.47. The topological polar surface area (TPSA) is 71.3 Å². The highest BCUT2D eigenvalue weighted by Crippen LogP contribution is 2.24. The Morgan fingerprint density at radius 1 is 1.10 bits per heavy atom. The van der Waals surface area contributed by atoms with E-state index in [-0.39, 0.29) is 18.4 Å². The third-order valence-corrected chi connectivity index (χ3v) is 5.38. The first kappa shape index (κ1) is 19.2. The molecule has 4 rings (SSSR count). The van der Waals surface area contributed by atoms with Crippen molar-refractivity contribution in [2.45, 2.75) is 33.2 Å². The smallest absolute Gasteiger partial charge is 0.246 e. The van der Waals surface area contributed by atoms with Gasteiger partial charge in [0.15, 0.2) is 0 Å². The van der Waals surface area contributed by atoms with Crippen molar-refractivity contribution in [2.75, 3.05) is 18.0 Å². The highest BCUT2D eigenvalue weighted by molar-refractivity contribution is 5.79. The summed E-state index contributed by atoms with van der Waals surface area (Å²) in [4.78, 5) is 19.4. The molecule has 2 heterocycles. The number of carbonyl (C=O) groups is 1. The summed E-state index contributed by atoms with van der Waals surface area (Å²) in [6.45, 7) is 6.08. The Bertz CT molecular complexity index is 963. The molecule has 0 aliphatic carbocycles. The number of hydrogen-bond acceptors (Lipinski definition) is 5. The van der Waals surface area contributed by atoms with Crippen molar-refractivity contribution in [3.63, 3.8) is 0 Å². The molecular formula is C23H26N4O2. The lowest BCUT2D eigenvalue weighted by atomic mass is 9.96. The molecule has 0 saturated carbocycles. The Balaban J connectivity index is 1.33. The summed E-state index contributed by atoms with van der Waals surface area (Å²) < 4.78 is 5.30. The fourth-order valence-electron chi connectivity index (χ4n) is 3.63. The van der Waals surface area contributed by atoms with Crippen molar-refractivity contribution in [3.8, 4) is 11.4 Å². The lowest BCUT2D eigenvalue weighted by Crippen LogP contribution is -2.43. The van der Waals surface area contributed by atoms with Crippen LogP contribution in [0.1, 0.15) is 29.9 Å². The number of anilines is 1. The van der Waals surface area contributed by atoms with Gasteiger partial charge in [0, 0.05) is 24.3 Å². The maximum absolute atomic E-state index is 12.7. The fourth-order valence-corrected chi connectivity index (χ4v) is 3.63. The first-order valence-electron chi connectivity index (χ1n) is 10.1. The van der Waals surface area contributed by atoms with E-state index in [2.05, 4.69) is 51.5 Å². The molecule has 1 N–H and O–H groups in total. The van der Waals surface area contributed by atoms with E-state index in [9.17, 15) is 4.79 Å². The van der Waals surface area contributed by atoms with Crippen molar-refractivity contribution < 1.29 is 9.32 Å². The molecule has 1 amide bonds. The lowest BCUT2D eigenvalue weighted by Gasteiger charge is -2.33. The minimum absolute atomic E-state index is 0.0375. The molecule has 1 aromatic heterocycles. The quantitative estimate of drug-likeness (QED) is 0.716. The molecule has 6 heteroatoms. The van der Waals surface area contributed by atoms with E-state index in [1.807, 2.05) is 31.2 Å². The summed E-state index contributed by atoms with van der Waals surface area (Å²) in [5.41, 5.74) is 4.49. The molecule has 1 fully saturated rings. The monoisotopic (exact) mass is 390 g/mol. The van der Waals surface area contributed by atoms with Gasteiger partial charge in [-0.1, -0.05) is 52.7 Å². The van der Waals surface area contributed by atoms with Crippen LogP contribution in [0, 0.1) is 19.8 Å². The summed E-state index contributed by atoms with van der Waals surface area (Å²) in [6.07, 6.45) is 1.90. The van der Waals surface area contributed by atoms with E-state index in [4.69, 9.17) is 4.52 Å². The summed E-state index contributed by atoms with van der Waals surface area (Å²) in [5.74, 6) is 0.957. The van der Waals surface area contributed by atoms with Crippen LogP contribution in [0.4, 0.5) is 5.69 Å². The van der Waals surface area contributed by atoms with E-state index in [1.165, 1.54) is 16.8 Å². The van der Waals surface area contributed by atoms with Crippen molar-refractivity contribution in [3.05, 3.63) is 65.5 Å². The van der Waals surface area contributed by atoms with Gasteiger partial charge in [-0.15, -0.1) is 0 Å². The van der Waals surface area contributed by atoms with Gasteiger partial charge in [-0.3, -0.25) is 4.79 Å². The number of aryl methyl sites for hydroxylation is 2. The second-order valence-corrected chi connectivity index (χ2v) is 7.72. The van der Waals surface area contributed by atoms with Gasteiger partial charge in [0.05, 0.1) is 12.5 Å². The summed E-state index contributed by atoms with van der Waals surface area (Å²) in [5, 5.41) is 6.98. The van der Waals surface area contributed by atoms with Crippen LogP contribution in [0.5, 0.6) is 0 Å². The Morgan fingerprint density at radius 2 is 1.79 bits per heavy atom. The molecule has 0 bridgehead atoms. The second-order valence-electron chi connectivity index (χ2n) is 7.72. The molecule has 1 aliphatic heterocycles. The summed E-state index contributed by atoms with van der Waals surface area (Å²) >= 11 is 0. The molecule has 29 heavy (non-hydrogen) atoms. The standard InChI is InChI=1S/C23H26N4O2/c1-16-5-9-18(10-6-16)22-25-21(29-26-22)14-24-23(28)19-4-3-13-27(15-19)20-11-7-17(2)8-12-20/h5-12,19H,3-4,13-15H2,1-2H3,(H,24,28). The molecule has 6 nitrogen and oxygen atoms in total. The maximum Gasteiger partial charge on any atom is 0.246 e. The maximum atomic E-state index is 12.7. The van der Waals surface area contributed by atoms with Crippen molar-refractivity contribution in [2.24, 2.45) is 5.92 Å². The number of rotatable bonds is 5. The van der Waals surface area contributed by atoms with Gasteiger partial charge in [-0.05, 0) is 38.8 Å². The van der Waals surface area contributed by atoms with E-state index < -0.39 is 0 Å². The third-order valence-electron chi connectivity index (χ3n) is 5.38. The summed E-state index contributed by atoms with van der Waals surface area (Å²) in [6, 6.07) is 16.4. The Morgan fingerprint density at radius 3 is 2.52 bits per heavy atom. The van der Waals surface area contributed by atoms with E-state index in [0.717, 1.165) is 31.5 Å². The fraction of sp³-hybridized carbons (Fsp3) is 0.348. The number of nitrogens with one attached hydrogen (secondary N) is 1. The van der Waals surface area contributed by atoms with Crippen LogP contribution in [0.25, 0.3) is 11.4 Å². The molecule has 1 atom stereocenters. The van der Waals surface area contributed by atoms with Crippen LogP contribution < -0.4 is 10.2 Å². The Labute approximate surface area is 170 Å².